The summed E-state index contributed by atoms with van der Waals surface area (Å²) in [5.41, 5.74) is 2.26. The van der Waals surface area contributed by atoms with E-state index in [0.29, 0.717) is 22.6 Å². The zero-order chi connectivity index (χ0) is 19.0. The summed E-state index contributed by atoms with van der Waals surface area (Å²) in [4.78, 5) is 49.5. The fourth-order valence-electron chi connectivity index (χ4n) is 2.93. The van der Waals surface area contributed by atoms with Crippen LogP contribution in [0.2, 0.25) is 0 Å². The molecule has 0 aromatic heterocycles. The summed E-state index contributed by atoms with van der Waals surface area (Å²) in [6.07, 6.45) is 0. The number of nitrogens with zero attached hydrogens (tertiary/aromatic N) is 1. The third kappa shape index (κ3) is 2.95. The molecule has 1 heterocycles. The number of imide groups is 1. The largest absolute Gasteiger partial charge is 0.326 e. The molecule has 0 fully saturated rings. The van der Waals surface area contributed by atoms with E-state index in [1.807, 2.05) is 0 Å². The van der Waals surface area contributed by atoms with Gasteiger partial charge in [0, 0.05) is 19.5 Å². The lowest BCUT2D eigenvalue weighted by atomic mass is 10.1. The number of nitrogens with one attached hydrogen (secondary N) is 2. The van der Waals surface area contributed by atoms with Crippen molar-refractivity contribution < 1.29 is 19.2 Å². The molecule has 0 radical (unpaired) electrons. The molecule has 2 N–H and O–H groups in total. The average molecular weight is 351 g/mol. The predicted octanol–water partition coefficient (Wildman–Crippen LogP) is 2.71. The van der Waals surface area contributed by atoms with E-state index in [1.165, 1.54) is 13.8 Å². The summed E-state index contributed by atoms with van der Waals surface area (Å²) in [6.45, 7) is 4.48. The monoisotopic (exact) mass is 351 g/mol. The highest BCUT2D eigenvalue weighted by Crippen LogP contribution is 2.35. The standard InChI is InChI=1S/C19H17N3O4/c1-10-7-8-13(20-11(2)23)9-16(10)22-18(25)14-5-4-6-15(21-12(3)24)17(14)19(22)26/h4-9H,1-3H3,(H,20,23)(H,21,24). The number of benzene rings is 2. The second-order valence-electron chi connectivity index (χ2n) is 6.04. The Labute approximate surface area is 150 Å². The van der Waals surface area contributed by atoms with Crippen LogP contribution in [-0.4, -0.2) is 23.6 Å². The topological polar surface area (TPSA) is 95.6 Å². The molecule has 7 nitrogen and oxygen atoms in total. The molecule has 0 aliphatic carbocycles. The van der Waals surface area contributed by atoms with Crippen LogP contribution in [0.4, 0.5) is 17.1 Å². The summed E-state index contributed by atoms with van der Waals surface area (Å²) in [7, 11) is 0. The number of hydrogen-bond acceptors (Lipinski definition) is 4. The minimum absolute atomic E-state index is 0.164. The normalized spacial score (nSPS) is 12.8. The zero-order valence-electron chi connectivity index (χ0n) is 14.5. The summed E-state index contributed by atoms with van der Waals surface area (Å²) in [6, 6.07) is 9.74. The Kier molecular flexibility index (Phi) is 4.29. The summed E-state index contributed by atoms with van der Waals surface area (Å²) in [5, 5.41) is 5.22. The van der Waals surface area contributed by atoms with Gasteiger partial charge in [0.15, 0.2) is 0 Å². The SMILES string of the molecule is CC(=O)Nc1ccc(C)c(N2C(=O)c3cccc(NC(C)=O)c3C2=O)c1. The molecule has 0 saturated heterocycles. The Morgan fingerprint density at radius 2 is 1.62 bits per heavy atom. The van der Waals surface area contributed by atoms with E-state index in [-0.39, 0.29) is 22.9 Å². The molecular formula is C19H17N3O4. The van der Waals surface area contributed by atoms with Crippen LogP contribution in [0.1, 0.15) is 40.1 Å². The fourth-order valence-corrected chi connectivity index (χ4v) is 2.93. The third-order valence-corrected chi connectivity index (χ3v) is 4.00. The van der Waals surface area contributed by atoms with Gasteiger partial charge in [0.05, 0.1) is 22.5 Å². The molecule has 0 unspecified atom stereocenters. The van der Waals surface area contributed by atoms with E-state index in [4.69, 9.17) is 0 Å². The number of carbonyl (C=O) groups excluding carboxylic acids is 4. The number of hydrogen-bond donors (Lipinski definition) is 2. The maximum atomic E-state index is 13.0. The lowest BCUT2D eigenvalue weighted by Gasteiger charge is -2.18. The Bertz CT molecular complexity index is 965. The number of aryl methyl sites for hydroxylation is 1. The molecule has 0 spiro atoms. The van der Waals surface area contributed by atoms with Gasteiger partial charge in [-0.3, -0.25) is 19.2 Å². The van der Waals surface area contributed by atoms with Crippen molar-refractivity contribution in [3.63, 3.8) is 0 Å². The first kappa shape index (κ1) is 17.3. The first-order chi connectivity index (χ1) is 12.3. The van der Waals surface area contributed by atoms with Gasteiger partial charge in [-0.25, -0.2) is 4.90 Å². The van der Waals surface area contributed by atoms with Gasteiger partial charge in [-0.2, -0.15) is 0 Å². The van der Waals surface area contributed by atoms with E-state index < -0.39 is 11.8 Å². The minimum atomic E-state index is -0.516. The molecule has 132 valence electrons. The molecule has 2 aromatic rings. The van der Waals surface area contributed by atoms with Crippen molar-refractivity contribution >= 4 is 40.7 Å². The van der Waals surface area contributed by atoms with Crippen LogP contribution in [0.5, 0.6) is 0 Å². The predicted molar refractivity (Wildman–Crippen MR) is 97.4 cm³/mol. The molecular weight excluding hydrogens is 334 g/mol. The van der Waals surface area contributed by atoms with Crippen molar-refractivity contribution in [2.24, 2.45) is 0 Å². The molecule has 1 aliphatic heterocycles. The minimum Gasteiger partial charge on any atom is -0.326 e. The lowest BCUT2D eigenvalue weighted by molar-refractivity contribution is -0.115. The highest BCUT2D eigenvalue weighted by atomic mass is 16.2. The van der Waals surface area contributed by atoms with Crippen molar-refractivity contribution in [2.75, 3.05) is 15.5 Å². The first-order valence-corrected chi connectivity index (χ1v) is 7.97. The maximum absolute atomic E-state index is 13.0. The third-order valence-electron chi connectivity index (χ3n) is 4.00. The van der Waals surface area contributed by atoms with Gasteiger partial charge in [0.25, 0.3) is 11.8 Å². The van der Waals surface area contributed by atoms with Crippen LogP contribution in [0.3, 0.4) is 0 Å². The fraction of sp³-hybridized carbons (Fsp3) is 0.158. The molecule has 0 atom stereocenters. The van der Waals surface area contributed by atoms with Gasteiger partial charge in [0.1, 0.15) is 0 Å². The van der Waals surface area contributed by atoms with E-state index in [9.17, 15) is 19.2 Å². The highest BCUT2D eigenvalue weighted by Gasteiger charge is 2.39. The van der Waals surface area contributed by atoms with E-state index >= 15 is 0 Å². The summed E-state index contributed by atoms with van der Waals surface area (Å²) in [5.74, 6) is -1.58. The Morgan fingerprint density at radius 3 is 2.27 bits per heavy atom. The number of rotatable bonds is 3. The van der Waals surface area contributed by atoms with Crippen LogP contribution in [-0.2, 0) is 9.59 Å². The molecule has 3 rings (SSSR count). The van der Waals surface area contributed by atoms with Crippen molar-refractivity contribution in [1.29, 1.82) is 0 Å². The van der Waals surface area contributed by atoms with E-state index in [0.717, 1.165) is 4.90 Å². The van der Waals surface area contributed by atoms with Crippen LogP contribution in [0.25, 0.3) is 0 Å². The Hall–Kier alpha value is -3.48. The van der Waals surface area contributed by atoms with Gasteiger partial charge >= 0.3 is 0 Å². The molecule has 1 aliphatic rings. The quantitative estimate of drug-likeness (QED) is 0.831. The van der Waals surface area contributed by atoms with E-state index in [1.54, 1.807) is 43.3 Å². The number of fused-ring (bicyclic) bond motifs is 1. The van der Waals surface area contributed by atoms with Crippen LogP contribution in [0, 0.1) is 6.92 Å². The van der Waals surface area contributed by atoms with Crippen LogP contribution < -0.4 is 15.5 Å². The molecule has 7 heteroatoms. The van der Waals surface area contributed by atoms with Crippen molar-refractivity contribution in [2.45, 2.75) is 20.8 Å². The van der Waals surface area contributed by atoms with Gasteiger partial charge < -0.3 is 10.6 Å². The number of amides is 4. The maximum Gasteiger partial charge on any atom is 0.268 e. The highest BCUT2D eigenvalue weighted by molar-refractivity contribution is 6.36. The van der Waals surface area contributed by atoms with E-state index in [2.05, 4.69) is 10.6 Å². The smallest absolute Gasteiger partial charge is 0.268 e. The second-order valence-corrected chi connectivity index (χ2v) is 6.04. The van der Waals surface area contributed by atoms with Gasteiger partial charge in [-0.05, 0) is 36.8 Å². The Morgan fingerprint density at radius 1 is 0.923 bits per heavy atom. The zero-order valence-corrected chi connectivity index (χ0v) is 14.5. The molecule has 0 saturated carbocycles. The summed E-state index contributed by atoms with van der Waals surface area (Å²) < 4.78 is 0. The lowest BCUT2D eigenvalue weighted by Crippen LogP contribution is -2.30. The van der Waals surface area contributed by atoms with Gasteiger partial charge in [0.2, 0.25) is 11.8 Å². The molecule has 0 bridgehead atoms. The summed E-state index contributed by atoms with van der Waals surface area (Å²) >= 11 is 0. The molecule has 26 heavy (non-hydrogen) atoms. The molecule has 4 amide bonds. The average Bonchev–Trinajstić information content (AvgIpc) is 2.81. The van der Waals surface area contributed by atoms with Crippen molar-refractivity contribution in [3.8, 4) is 0 Å². The Balaban J connectivity index is 2.09. The molecule has 2 aromatic carbocycles. The number of carbonyl (C=O) groups is 4. The second kappa shape index (κ2) is 6.44. The van der Waals surface area contributed by atoms with Crippen LogP contribution >= 0.6 is 0 Å². The van der Waals surface area contributed by atoms with Crippen molar-refractivity contribution in [3.05, 3.63) is 53.1 Å². The number of anilines is 3. The van der Waals surface area contributed by atoms with Crippen LogP contribution in [0.15, 0.2) is 36.4 Å². The van der Waals surface area contributed by atoms with Gasteiger partial charge in [-0.15, -0.1) is 0 Å². The first-order valence-electron chi connectivity index (χ1n) is 7.97. The van der Waals surface area contributed by atoms with Crippen molar-refractivity contribution in [1.82, 2.24) is 0 Å². The van der Waals surface area contributed by atoms with Gasteiger partial charge in [-0.1, -0.05) is 12.1 Å².